The molecule has 1 aliphatic rings. The zero-order valence-electron chi connectivity index (χ0n) is 9.67. The van der Waals surface area contributed by atoms with Crippen LogP contribution in [0, 0.1) is 5.82 Å². The summed E-state index contributed by atoms with van der Waals surface area (Å²) in [7, 11) is 0. The first-order valence-electron chi connectivity index (χ1n) is 6.13. The van der Waals surface area contributed by atoms with Gasteiger partial charge in [-0.25, -0.2) is 4.39 Å². The summed E-state index contributed by atoms with van der Waals surface area (Å²) in [5.41, 5.74) is 4.32. The molecular weight excluding hydrogens is 215 g/mol. The average molecular weight is 230 g/mol. The molecule has 1 aromatic heterocycles. The van der Waals surface area contributed by atoms with Crippen molar-refractivity contribution in [2.45, 2.75) is 32.1 Å². The van der Waals surface area contributed by atoms with Gasteiger partial charge < -0.3 is 0 Å². The van der Waals surface area contributed by atoms with Crippen LogP contribution in [-0.2, 0) is 19.3 Å². The molecule has 0 unspecified atom stereocenters. The number of benzene rings is 1. The van der Waals surface area contributed by atoms with E-state index in [1.807, 2.05) is 12.1 Å². The first-order valence-corrected chi connectivity index (χ1v) is 6.13. The van der Waals surface area contributed by atoms with E-state index in [1.165, 1.54) is 30.2 Å². The number of hydrogen-bond acceptors (Lipinski definition) is 1. The molecule has 0 fully saturated rings. The maximum atomic E-state index is 13.6. The fourth-order valence-corrected chi connectivity index (χ4v) is 2.52. The minimum atomic E-state index is -0.139. The van der Waals surface area contributed by atoms with Gasteiger partial charge in [0.25, 0.3) is 0 Å². The summed E-state index contributed by atoms with van der Waals surface area (Å²) in [5.74, 6) is -0.139. The number of aromatic nitrogens is 2. The molecule has 0 radical (unpaired) electrons. The lowest BCUT2D eigenvalue weighted by molar-refractivity contribution is 0.612. The summed E-state index contributed by atoms with van der Waals surface area (Å²) in [6.45, 7) is 0. The van der Waals surface area contributed by atoms with Gasteiger partial charge in [0.2, 0.25) is 0 Å². The number of aromatic amines is 1. The van der Waals surface area contributed by atoms with Crippen molar-refractivity contribution in [2.75, 3.05) is 0 Å². The topological polar surface area (TPSA) is 28.7 Å². The third kappa shape index (κ3) is 1.97. The van der Waals surface area contributed by atoms with Crippen molar-refractivity contribution in [3.05, 3.63) is 52.6 Å². The largest absolute Gasteiger partial charge is 0.282 e. The Kier molecular flexibility index (Phi) is 2.67. The van der Waals surface area contributed by atoms with Crippen molar-refractivity contribution in [1.29, 1.82) is 0 Å². The summed E-state index contributed by atoms with van der Waals surface area (Å²) in [6.07, 6.45) is 5.21. The van der Waals surface area contributed by atoms with Crippen molar-refractivity contribution in [1.82, 2.24) is 10.2 Å². The number of hydrogen-bond donors (Lipinski definition) is 1. The third-order valence-electron chi connectivity index (χ3n) is 3.46. The molecule has 1 aliphatic carbocycles. The van der Waals surface area contributed by atoms with Gasteiger partial charge in [-0.3, -0.25) is 5.10 Å². The molecule has 2 nitrogen and oxygen atoms in total. The van der Waals surface area contributed by atoms with E-state index < -0.39 is 0 Å². The van der Waals surface area contributed by atoms with Crippen LogP contribution in [0.25, 0.3) is 0 Å². The van der Waals surface area contributed by atoms with Gasteiger partial charge in [0.15, 0.2) is 0 Å². The fourth-order valence-electron chi connectivity index (χ4n) is 2.52. The number of halogens is 1. The van der Waals surface area contributed by atoms with E-state index in [4.69, 9.17) is 0 Å². The average Bonchev–Trinajstić information content (AvgIpc) is 2.76. The summed E-state index contributed by atoms with van der Waals surface area (Å²) in [4.78, 5) is 0. The van der Waals surface area contributed by atoms with Gasteiger partial charge in [-0.2, -0.15) is 5.10 Å². The predicted molar refractivity (Wildman–Crippen MR) is 64.4 cm³/mol. The van der Waals surface area contributed by atoms with Crippen LogP contribution >= 0.6 is 0 Å². The molecule has 2 aromatic rings. The van der Waals surface area contributed by atoms with Gasteiger partial charge in [0.05, 0.1) is 5.69 Å². The molecular formula is C14H15FN2. The molecule has 0 saturated carbocycles. The number of rotatable bonds is 2. The lowest BCUT2D eigenvalue weighted by atomic mass is 9.94. The first-order chi connectivity index (χ1) is 8.34. The standard InChI is InChI=1S/C14H15FN2/c15-12-7-3-1-5-10(12)9-14-11-6-2-4-8-13(11)16-17-14/h1,3,5,7H,2,4,6,8-9H2,(H,16,17). The summed E-state index contributed by atoms with van der Waals surface area (Å²) in [6, 6.07) is 6.93. The Hall–Kier alpha value is -1.64. The smallest absolute Gasteiger partial charge is 0.126 e. The van der Waals surface area contributed by atoms with Gasteiger partial charge in [0.1, 0.15) is 5.82 Å². The number of aryl methyl sites for hydroxylation is 1. The normalized spacial score (nSPS) is 14.6. The molecule has 88 valence electrons. The zero-order chi connectivity index (χ0) is 11.7. The van der Waals surface area contributed by atoms with E-state index >= 15 is 0 Å². The van der Waals surface area contributed by atoms with E-state index in [2.05, 4.69) is 10.2 Å². The molecule has 17 heavy (non-hydrogen) atoms. The van der Waals surface area contributed by atoms with Gasteiger partial charge in [-0.1, -0.05) is 18.2 Å². The van der Waals surface area contributed by atoms with E-state index in [-0.39, 0.29) is 5.82 Å². The Morgan fingerprint density at radius 3 is 2.88 bits per heavy atom. The minimum absolute atomic E-state index is 0.139. The van der Waals surface area contributed by atoms with Gasteiger partial charge in [0, 0.05) is 12.1 Å². The van der Waals surface area contributed by atoms with Crippen molar-refractivity contribution < 1.29 is 4.39 Å². The predicted octanol–water partition coefficient (Wildman–Crippen LogP) is 3.02. The Morgan fingerprint density at radius 1 is 1.18 bits per heavy atom. The molecule has 0 atom stereocenters. The monoisotopic (exact) mass is 230 g/mol. The van der Waals surface area contributed by atoms with Crippen molar-refractivity contribution >= 4 is 0 Å². The number of nitrogens with zero attached hydrogens (tertiary/aromatic N) is 1. The molecule has 1 N–H and O–H groups in total. The summed E-state index contributed by atoms with van der Waals surface area (Å²) in [5, 5.41) is 7.44. The molecule has 3 heteroatoms. The molecule has 0 spiro atoms. The molecule has 0 amide bonds. The van der Waals surface area contributed by atoms with Crippen LogP contribution in [-0.4, -0.2) is 10.2 Å². The highest BCUT2D eigenvalue weighted by Crippen LogP contribution is 2.24. The van der Waals surface area contributed by atoms with Crippen LogP contribution in [0.2, 0.25) is 0 Å². The number of nitrogens with one attached hydrogen (secondary N) is 1. The van der Waals surface area contributed by atoms with E-state index in [0.717, 1.165) is 24.1 Å². The second-order valence-electron chi connectivity index (χ2n) is 4.60. The second kappa shape index (κ2) is 4.32. The Morgan fingerprint density at radius 2 is 2.00 bits per heavy atom. The molecule has 3 rings (SSSR count). The van der Waals surface area contributed by atoms with Crippen molar-refractivity contribution in [2.24, 2.45) is 0 Å². The van der Waals surface area contributed by atoms with Gasteiger partial charge >= 0.3 is 0 Å². The molecule has 0 aliphatic heterocycles. The maximum Gasteiger partial charge on any atom is 0.126 e. The first kappa shape index (κ1) is 10.5. The molecule has 1 aromatic carbocycles. The van der Waals surface area contributed by atoms with E-state index in [9.17, 15) is 4.39 Å². The van der Waals surface area contributed by atoms with Gasteiger partial charge in [-0.05, 0) is 42.9 Å². The SMILES string of the molecule is Fc1ccccc1Cc1n[nH]c2c1CCCC2. The highest BCUT2D eigenvalue weighted by atomic mass is 19.1. The summed E-state index contributed by atoms with van der Waals surface area (Å²) < 4.78 is 13.6. The van der Waals surface area contributed by atoms with Crippen LogP contribution in [0.15, 0.2) is 24.3 Å². The summed E-state index contributed by atoms with van der Waals surface area (Å²) >= 11 is 0. The zero-order valence-corrected chi connectivity index (χ0v) is 9.67. The molecule has 0 saturated heterocycles. The van der Waals surface area contributed by atoms with Crippen LogP contribution in [0.4, 0.5) is 4.39 Å². The van der Waals surface area contributed by atoms with Crippen molar-refractivity contribution in [3.63, 3.8) is 0 Å². The van der Waals surface area contributed by atoms with E-state index in [1.54, 1.807) is 6.07 Å². The number of fused-ring (bicyclic) bond motifs is 1. The van der Waals surface area contributed by atoms with Gasteiger partial charge in [-0.15, -0.1) is 0 Å². The van der Waals surface area contributed by atoms with E-state index in [0.29, 0.717) is 6.42 Å². The fraction of sp³-hybridized carbons (Fsp3) is 0.357. The molecule has 0 bridgehead atoms. The quantitative estimate of drug-likeness (QED) is 0.844. The minimum Gasteiger partial charge on any atom is -0.282 e. The lowest BCUT2D eigenvalue weighted by Crippen LogP contribution is -2.03. The van der Waals surface area contributed by atoms with Crippen LogP contribution < -0.4 is 0 Å². The lowest BCUT2D eigenvalue weighted by Gasteiger charge is -2.11. The maximum absolute atomic E-state index is 13.6. The second-order valence-corrected chi connectivity index (χ2v) is 4.60. The van der Waals surface area contributed by atoms with Crippen LogP contribution in [0.5, 0.6) is 0 Å². The highest BCUT2D eigenvalue weighted by Gasteiger charge is 2.17. The van der Waals surface area contributed by atoms with Crippen molar-refractivity contribution in [3.8, 4) is 0 Å². The van der Waals surface area contributed by atoms with Crippen LogP contribution in [0.1, 0.15) is 35.4 Å². The highest BCUT2D eigenvalue weighted by molar-refractivity contribution is 5.32. The molecule has 1 heterocycles. The Balaban J connectivity index is 1.91. The Bertz CT molecular complexity index is 531. The van der Waals surface area contributed by atoms with Crippen LogP contribution in [0.3, 0.4) is 0 Å². The Labute approximate surface area is 99.9 Å². The third-order valence-corrected chi connectivity index (χ3v) is 3.46. The number of H-pyrrole nitrogens is 1.